The molecule has 1 aliphatic heterocycles. The van der Waals surface area contributed by atoms with E-state index in [9.17, 15) is 9.59 Å². The predicted molar refractivity (Wildman–Crippen MR) is 501 cm³/mol. The normalized spacial score (nSPS) is 12.9. The highest BCUT2D eigenvalue weighted by Crippen LogP contribution is 2.29. The lowest BCUT2D eigenvalue weighted by molar-refractivity contribution is -0.131. The average molecular weight is 1880 g/mol. The summed E-state index contributed by atoms with van der Waals surface area (Å²) in [6.07, 6.45) is 3.73. The third-order valence-electron chi connectivity index (χ3n) is 16.9. The number of methoxy groups -OCH3 is 3. The van der Waals surface area contributed by atoms with E-state index in [2.05, 4.69) is 6.58 Å². The molecule has 0 aromatic heterocycles. The lowest BCUT2D eigenvalue weighted by atomic mass is 10.2. The fourth-order valence-electron chi connectivity index (χ4n) is 12.4. The van der Waals surface area contributed by atoms with Crippen molar-refractivity contribution in [2.45, 2.75) is 196 Å². The van der Waals surface area contributed by atoms with Gasteiger partial charge in [-0.15, -0.1) is 0 Å². The number of carbonyl (C=O) groups is 2. The molecule has 0 spiro atoms. The van der Waals surface area contributed by atoms with Gasteiger partial charge in [-0.25, -0.2) is 4.79 Å². The second-order valence-corrected chi connectivity index (χ2v) is 42.7. The Kier molecular flexibility index (Phi) is 59.5. The van der Waals surface area contributed by atoms with Crippen molar-refractivity contribution in [2.75, 3.05) is 147 Å². The molecule has 0 N–H and O–H groups in total. The average Bonchev–Trinajstić information content (AvgIpc) is 0.858. The van der Waals surface area contributed by atoms with Crippen LogP contribution in [0.4, 0.5) is 4.79 Å². The number of benzene rings is 6. The Morgan fingerprint density at radius 1 is 0.349 bits per heavy atom. The molecule has 29 nitrogen and oxygen atoms in total. The molecule has 6 aromatic carbocycles. The number of rotatable bonds is 53. The first-order chi connectivity index (χ1) is 60.6. The molecule has 0 radical (unpaired) electrons. The Labute approximate surface area is 759 Å². The van der Waals surface area contributed by atoms with E-state index in [-0.39, 0.29) is 12.3 Å². The van der Waals surface area contributed by atoms with Gasteiger partial charge in [0.05, 0.1) is 34.2 Å². The van der Waals surface area contributed by atoms with Crippen molar-refractivity contribution in [2.24, 2.45) is 0 Å². The van der Waals surface area contributed by atoms with Crippen molar-refractivity contribution in [3.63, 3.8) is 0 Å². The SMILES string of the molecule is C=COc1ccc([Si](OCC)(OCC)OCC)cc1.CCO[Si](Cc1cc(OC)cc(OC)c1)(OCC)OCC.CCO[Si](Cc1ccc(OC)cc1)(OCC)OCC.CCO[Si](OCC)(OCC)c1ccc(OC(=O)OC(C)(C)C)cc1.CCO[Si](OCC)(OCC)c1ccc(OC(C)=O)cc1.CCO[Si](OCC)(OCC)c1ccc(OC2CCCCO2)cc1. The standard InChI is InChI=1S/C17H28O6Si.C17H28O5Si.C15H26O5Si.C14H22O5Si.C14H24O4Si.C14H22O4Si/c1-7-19-24(20-8-2,21-9-3)15-12-10-14(11-13-15)22-16(18)23-17(4,5)6;1-4-19-23(20-5-2,21-6-3)16-12-10-15(11-13-16)22-17-9-7-8-14-18-17;1-6-18-21(19-7-2,20-8-3)12-13-9-14(16-4)11-15(10-13)17-5;1-5-16-20(17-6-2,18-7-3)14-10-8-13(9-11-14)19-12(4)15;1-5-16-19(17-6-2,18-7-3)12-13-8-10-14(15-4)11-9-13;1-5-15-13-9-11-14(12-10-13)19(16-6-2,17-7-3)18-8-4/h10-13H,7-9H2,1-6H3;10-13,17H,4-9,14H2,1-3H3;9-11H,6-8,12H2,1-5H3;8-11H,5-7H2,1-4H3;8-11H,5-7,12H2,1-4H3;5,9-12H,1,6-8H2,2-4H3. The highest BCUT2D eigenvalue weighted by molar-refractivity contribution is 6.77. The molecule has 0 bridgehead atoms. The maximum absolute atomic E-state index is 11.7. The van der Waals surface area contributed by atoms with E-state index in [4.69, 9.17) is 122 Å². The Balaban J connectivity index is 0.000000513. The molecule has 712 valence electrons. The second-order valence-electron chi connectivity index (χ2n) is 27.3. The third kappa shape index (κ3) is 41.6. The van der Waals surface area contributed by atoms with Gasteiger partial charge >= 0.3 is 65.0 Å². The largest absolute Gasteiger partial charge is 0.537 e. The van der Waals surface area contributed by atoms with Crippen LogP contribution in [-0.2, 0) is 106 Å². The molecule has 1 aliphatic rings. The van der Waals surface area contributed by atoms with Crippen LogP contribution in [0, 0.1) is 0 Å². The topological polar surface area (TPSA) is 283 Å². The van der Waals surface area contributed by atoms with E-state index < -0.39 is 64.6 Å². The minimum atomic E-state index is -2.94. The third-order valence-corrected chi connectivity index (χ3v) is 35.2. The van der Waals surface area contributed by atoms with E-state index in [1.54, 1.807) is 78.5 Å². The molecular formula is C91H150O29Si6. The summed E-state index contributed by atoms with van der Waals surface area (Å²) in [6.45, 7) is 55.7. The van der Waals surface area contributed by atoms with Crippen molar-refractivity contribution in [1.29, 1.82) is 0 Å². The van der Waals surface area contributed by atoms with Crippen LogP contribution in [0.2, 0.25) is 0 Å². The lowest BCUT2D eigenvalue weighted by Gasteiger charge is -2.29. The zero-order chi connectivity index (χ0) is 93.8. The Morgan fingerprint density at radius 3 is 0.889 bits per heavy atom. The molecule has 1 atom stereocenters. The van der Waals surface area contributed by atoms with Gasteiger partial charge in [0, 0.05) is 171 Å². The van der Waals surface area contributed by atoms with E-state index in [1.807, 2.05) is 228 Å². The van der Waals surface area contributed by atoms with Crippen molar-refractivity contribution < 1.29 is 132 Å². The summed E-state index contributed by atoms with van der Waals surface area (Å²) < 4.78 is 153. The molecule has 0 amide bonds. The molecule has 0 saturated carbocycles. The van der Waals surface area contributed by atoms with Crippen LogP contribution < -0.4 is 53.9 Å². The van der Waals surface area contributed by atoms with Gasteiger partial charge in [-0.2, -0.15) is 0 Å². The van der Waals surface area contributed by atoms with Gasteiger partial charge in [-0.05, 0) is 242 Å². The Morgan fingerprint density at radius 2 is 0.627 bits per heavy atom. The molecule has 1 saturated heterocycles. The molecule has 0 aliphatic carbocycles. The minimum absolute atomic E-state index is 0.137. The Bertz CT molecular complexity index is 3660. The van der Waals surface area contributed by atoms with Gasteiger partial charge in [0.25, 0.3) is 0 Å². The molecule has 126 heavy (non-hydrogen) atoms. The number of esters is 1. The van der Waals surface area contributed by atoms with Gasteiger partial charge in [-0.1, -0.05) is 67.2 Å². The van der Waals surface area contributed by atoms with Gasteiger partial charge in [0.1, 0.15) is 45.8 Å². The maximum atomic E-state index is 11.7. The van der Waals surface area contributed by atoms with Crippen LogP contribution in [0.5, 0.6) is 40.2 Å². The van der Waals surface area contributed by atoms with Gasteiger partial charge in [0.2, 0.25) is 0 Å². The number of hydrogen-bond donors (Lipinski definition) is 0. The fraction of sp³-hybridized carbons (Fsp3) is 0.560. The second kappa shape index (κ2) is 65.0. The maximum Gasteiger partial charge on any atom is 0.537 e. The summed E-state index contributed by atoms with van der Waals surface area (Å²) in [5.74, 6) is 4.41. The molecule has 35 heteroatoms. The van der Waals surface area contributed by atoms with Crippen LogP contribution in [0.25, 0.3) is 0 Å². The smallest absolute Gasteiger partial charge is 0.497 e. The van der Waals surface area contributed by atoms with Crippen molar-refractivity contribution in [3.8, 4) is 40.2 Å². The van der Waals surface area contributed by atoms with E-state index in [0.29, 0.717) is 143 Å². The van der Waals surface area contributed by atoms with Crippen LogP contribution in [0.1, 0.15) is 183 Å². The van der Waals surface area contributed by atoms with Crippen LogP contribution in [0.3, 0.4) is 0 Å². The molecule has 6 aromatic rings. The monoisotopic (exact) mass is 1870 g/mol. The number of ether oxygens (including phenoxy) is 9. The zero-order valence-electron chi connectivity index (χ0n) is 80.0. The predicted octanol–water partition coefficient (Wildman–Crippen LogP) is 16.1. The van der Waals surface area contributed by atoms with Crippen LogP contribution >= 0.6 is 0 Å². The minimum Gasteiger partial charge on any atom is -0.497 e. The van der Waals surface area contributed by atoms with Gasteiger partial charge in [0.15, 0.2) is 6.29 Å². The Hall–Kier alpha value is -6.66. The van der Waals surface area contributed by atoms with Gasteiger partial charge < -0.3 is 122 Å². The van der Waals surface area contributed by atoms with Crippen LogP contribution in [-0.4, -0.2) is 224 Å². The summed E-state index contributed by atoms with van der Waals surface area (Å²) in [5, 5.41) is 3.58. The lowest BCUT2D eigenvalue weighted by Crippen LogP contribution is -2.56. The van der Waals surface area contributed by atoms with Gasteiger partial charge in [-0.3, -0.25) is 4.79 Å². The molecule has 1 heterocycles. The first-order valence-corrected chi connectivity index (χ1v) is 54.8. The zero-order valence-corrected chi connectivity index (χ0v) is 86.0. The molecule has 7 rings (SSSR count). The highest BCUT2D eigenvalue weighted by atomic mass is 28.4. The quantitative estimate of drug-likeness (QED) is 0.0113. The highest BCUT2D eigenvalue weighted by Gasteiger charge is 2.48. The molecule has 1 unspecified atom stereocenters. The van der Waals surface area contributed by atoms with Crippen LogP contribution in [0.15, 0.2) is 152 Å². The number of carbonyl (C=O) groups excluding carboxylic acids is 2. The van der Waals surface area contributed by atoms with E-state index in [0.717, 1.165) is 86.5 Å². The molecular weight excluding hydrogens is 1730 g/mol. The van der Waals surface area contributed by atoms with Crippen molar-refractivity contribution >= 4 is 85.7 Å². The molecule has 1 fully saturated rings. The summed E-state index contributed by atoms with van der Waals surface area (Å²) in [4.78, 5) is 22.6. The summed E-state index contributed by atoms with van der Waals surface area (Å²) in [7, 11) is -11.8. The number of hydrogen-bond acceptors (Lipinski definition) is 29. The van der Waals surface area contributed by atoms with Crippen molar-refractivity contribution in [1.82, 2.24) is 0 Å². The fourth-order valence-corrected chi connectivity index (χ4v) is 27.4. The first-order valence-electron chi connectivity index (χ1n) is 44.0. The van der Waals surface area contributed by atoms with E-state index >= 15 is 0 Å². The summed E-state index contributed by atoms with van der Waals surface area (Å²) in [6, 6.07) is 44.4. The first kappa shape index (κ1) is 115. The van der Waals surface area contributed by atoms with E-state index in [1.165, 1.54) is 13.2 Å². The van der Waals surface area contributed by atoms with Crippen molar-refractivity contribution in [3.05, 3.63) is 163 Å². The summed E-state index contributed by atoms with van der Waals surface area (Å²) >= 11 is 0. The summed E-state index contributed by atoms with van der Waals surface area (Å²) in [5.41, 5.74) is 1.56.